The quantitative estimate of drug-likeness (QED) is 0.296. The van der Waals surface area contributed by atoms with Crippen LogP contribution >= 0.6 is 0 Å². The molecule has 1 aliphatic heterocycles. The zero-order valence-electron chi connectivity index (χ0n) is 24.5. The molecule has 6 atom stereocenters. The molecule has 0 spiro atoms. The maximum Gasteiger partial charge on any atom is 0.161 e. The lowest BCUT2D eigenvalue weighted by atomic mass is 9.85. The van der Waals surface area contributed by atoms with Crippen molar-refractivity contribution in [2.45, 2.75) is 45.2 Å². The van der Waals surface area contributed by atoms with E-state index >= 15 is 0 Å². The molecule has 1 fully saturated rings. The molecule has 0 saturated carbocycles. The Labute approximate surface area is 236 Å². The molecule has 4 rings (SSSR count). The Morgan fingerprint density at radius 2 is 1.02 bits per heavy atom. The van der Waals surface area contributed by atoms with E-state index in [9.17, 15) is 5.11 Å². The van der Waals surface area contributed by atoms with Crippen molar-refractivity contribution in [1.29, 1.82) is 0 Å². The fourth-order valence-corrected chi connectivity index (χ4v) is 5.28. The normalized spacial score (nSPS) is 21.8. The highest BCUT2D eigenvalue weighted by Crippen LogP contribution is 2.50. The molecule has 1 N–H and O–H groups in total. The predicted octanol–water partition coefficient (Wildman–Crippen LogP) is 6.32. The molecule has 3 aromatic carbocycles. The van der Waals surface area contributed by atoms with E-state index in [2.05, 4.69) is 13.8 Å². The summed E-state index contributed by atoms with van der Waals surface area (Å²) in [6.07, 6.45) is -1.69. The molecule has 1 heterocycles. The first-order valence-electron chi connectivity index (χ1n) is 13.4. The van der Waals surface area contributed by atoms with Gasteiger partial charge in [0.1, 0.15) is 12.2 Å². The van der Waals surface area contributed by atoms with Gasteiger partial charge in [-0.05, 0) is 71.8 Å². The van der Waals surface area contributed by atoms with Gasteiger partial charge in [0.05, 0.1) is 47.8 Å². The highest BCUT2D eigenvalue weighted by molar-refractivity contribution is 5.46. The van der Waals surface area contributed by atoms with E-state index in [1.54, 1.807) is 53.7 Å². The smallest absolute Gasteiger partial charge is 0.161 e. The summed E-state index contributed by atoms with van der Waals surface area (Å²) in [6.45, 7) is 6.22. The highest BCUT2D eigenvalue weighted by Gasteiger charge is 2.41. The van der Waals surface area contributed by atoms with Gasteiger partial charge in [0, 0.05) is 0 Å². The van der Waals surface area contributed by atoms with Gasteiger partial charge in [-0.3, -0.25) is 0 Å². The van der Waals surface area contributed by atoms with Gasteiger partial charge in [-0.2, -0.15) is 0 Å². The number of hydrogen-bond acceptors (Lipinski definition) is 8. The van der Waals surface area contributed by atoms with E-state index in [-0.39, 0.29) is 24.0 Å². The van der Waals surface area contributed by atoms with Crippen LogP contribution in [-0.4, -0.2) is 46.8 Å². The van der Waals surface area contributed by atoms with Gasteiger partial charge in [-0.1, -0.05) is 32.0 Å². The molecule has 8 nitrogen and oxygen atoms in total. The summed E-state index contributed by atoms with van der Waals surface area (Å²) in [5.41, 5.74) is 2.70. The van der Waals surface area contributed by atoms with E-state index in [0.717, 1.165) is 11.1 Å². The average molecular weight is 553 g/mol. The van der Waals surface area contributed by atoms with Crippen molar-refractivity contribution in [1.82, 2.24) is 0 Å². The number of aliphatic hydroxyl groups is 1. The molecule has 2 unspecified atom stereocenters. The molecule has 216 valence electrons. The number of ether oxygens (including phenoxy) is 7. The lowest BCUT2D eigenvalue weighted by Gasteiger charge is -2.24. The first-order chi connectivity index (χ1) is 19.3. The van der Waals surface area contributed by atoms with Crippen LogP contribution in [-0.2, 0) is 4.74 Å². The monoisotopic (exact) mass is 552 g/mol. The van der Waals surface area contributed by atoms with Gasteiger partial charge in [-0.15, -0.1) is 0 Å². The fraction of sp³-hybridized carbons (Fsp3) is 0.438. The third-order valence-electron chi connectivity index (χ3n) is 7.84. The Morgan fingerprint density at radius 1 is 0.600 bits per heavy atom. The summed E-state index contributed by atoms with van der Waals surface area (Å²) in [6, 6.07) is 17.1. The van der Waals surface area contributed by atoms with Crippen LogP contribution in [0.3, 0.4) is 0 Å². The highest BCUT2D eigenvalue weighted by atomic mass is 16.5. The molecular weight excluding hydrogens is 512 g/mol. The topological polar surface area (TPSA) is 84.8 Å². The van der Waals surface area contributed by atoms with Gasteiger partial charge in [-0.25, -0.2) is 0 Å². The van der Waals surface area contributed by atoms with Gasteiger partial charge >= 0.3 is 0 Å². The standard InChI is InChI=1S/C32H40O8/c1-18-19(2)32(40-31(18)22-10-13-25(35-5)28(16-22)37-7)23-11-14-26(29(17-23)38-8)39-20(3)30(33)21-9-12-24(34-4)27(15-21)36-6/h9-20,30-33H,1-8H3/t18-,19-,20?,30?,31+,32-/m1/s1. The molecule has 0 aromatic heterocycles. The Kier molecular flexibility index (Phi) is 9.32. The van der Waals surface area contributed by atoms with Crippen LogP contribution in [0, 0.1) is 11.8 Å². The fourth-order valence-electron chi connectivity index (χ4n) is 5.28. The summed E-state index contributed by atoms with van der Waals surface area (Å²) in [4.78, 5) is 0. The average Bonchev–Trinajstić information content (AvgIpc) is 3.29. The van der Waals surface area contributed by atoms with E-state index in [4.69, 9.17) is 33.2 Å². The van der Waals surface area contributed by atoms with E-state index < -0.39 is 12.2 Å². The molecule has 0 amide bonds. The van der Waals surface area contributed by atoms with E-state index in [1.165, 1.54) is 0 Å². The minimum Gasteiger partial charge on any atom is -0.493 e. The van der Waals surface area contributed by atoms with Gasteiger partial charge in [0.2, 0.25) is 0 Å². The van der Waals surface area contributed by atoms with Gasteiger partial charge in [0.25, 0.3) is 0 Å². The Hall–Kier alpha value is -3.62. The number of hydrogen-bond donors (Lipinski definition) is 1. The molecule has 3 aromatic rings. The van der Waals surface area contributed by atoms with Crippen molar-refractivity contribution in [3.63, 3.8) is 0 Å². The maximum absolute atomic E-state index is 11.0. The van der Waals surface area contributed by atoms with Crippen molar-refractivity contribution in [3.05, 3.63) is 71.3 Å². The number of rotatable bonds is 11. The molecule has 8 heteroatoms. The zero-order chi connectivity index (χ0) is 29.0. The molecule has 0 aliphatic carbocycles. The Morgan fingerprint density at radius 3 is 1.52 bits per heavy atom. The van der Waals surface area contributed by atoms with Crippen molar-refractivity contribution in [3.8, 4) is 34.5 Å². The Bertz CT molecular complexity index is 1290. The SMILES string of the molecule is COc1ccc(C(O)C(C)Oc2ccc([C@@H]3O[C@H](c4ccc(OC)c(OC)c4)[C@H](C)[C@H]3C)cc2OC)cc1OC. The van der Waals surface area contributed by atoms with Crippen LogP contribution < -0.4 is 28.4 Å². The lowest BCUT2D eigenvalue weighted by molar-refractivity contribution is 0.0284. The van der Waals surface area contributed by atoms with Crippen molar-refractivity contribution < 1.29 is 38.3 Å². The second-order valence-electron chi connectivity index (χ2n) is 10.1. The number of methoxy groups -OCH3 is 5. The second-order valence-corrected chi connectivity index (χ2v) is 10.1. The van der Waals surface area contributed by atoms with Crippen LogP contribution in [0.5, 0.6) is 34.5 Å². The van der Waals surface area contributed by atoms with Gasteiger partial charge < -0.3 is 38.3 Å². The van der Waals surface area contributed by atoms with Crippen LogP contribution in [0.4, 0.5) is 0 Å². The summed E-state index contributed by atoms with van der Waals surface area (Å²) in [5.74, 6) is 4.12. The molecule has 0 radical (unpaired) electrons. The van der Waals surface area contributed by atoms with Crippen molar-refractivity contribution in [2.75, 3.05) is 35.5 Å². The first kappa shape index (κ1) is 29.4. The van der Waals surface area contributed by atoms with Crippen molar-refractivity contribution in [2.24, 2.45) is 11.8 Å². The van der Waals surface area contributed by atoms with Crippen LogP contribution in [0.1, 0.15) is 55.8 Å². The number of aliphatic hydroxyl groups excluding tert-OH is 1. The third kappa shape index (κ3) is 5.78. The molecular formula is C32H40O8. The second kappa shape index (κ2) is 12.7. The summed E-state index contributed by atoms with van der Waals surface area (Å²) in [7, 11) is 8.00. The van der Waals surface area contributed by atoms with Gasteiger partial charge in [0.15, 0.2) is 34.5 Å². The lowest BCUT2D eigenvalue weighted by Crippen LogP contribution is -2.22. The van der Waals surface area contributed by atoms with Crippen LogP contribution in [0.15, 0.2) is 54.6 Å². The van der Waals surface area contributed by atoms with Crippen LogP contribution in [0.25, 0.3) is 0 Å². The molecule has 40 heavy (non-hydrogen) atoms. The largest absolute Gasteiger partial charge is 0.493 e. The zero-order valence-corrected chi connectivity index (χ0v) is 24.5. The third-order valence-corrected chi connectivity index (χ3v) is 7.84. The molecule has 0 bridgehead atoms. The van der Waals surface area contributed by atoms with E-state index in [0.29, 0.717) is 40.1 Å². The van der Waals surface area contributed by atoms with Crippen LogP contribution in [0.2, 0.25) is 0 Å². The minimum atomic E-state index is -0.898. The van der Waals surface area contributed by atoms with Crippen molar-refractivity contribution >= 4 is 0 Å². The summed E-state index contributed by atoms with van der Waals surface area (Å²) < 4.78 is 40.1. The van der Waals surface area contributed by atoms with E-state index in [1.807, 2.05) is 43.3 Å². The maximum atomic E-state index is 11.0. The predicted molar refractivity (Wildman–Crippen MR) is 152 cm³/mol. The minimum absolute atomic E-state index is 0.0987. The number of benzene rings is 3. The Balaban J connectivity index is 1.52. The first-order valence-corrected chi connectivity index (χ1v) is 13.4. The molecule has 1 aliphatic rings. The summed E-state index contributed by atoms with van der Waals surface area (Å²) >= 11 is 0. The summed E-state index contributed by atoms with van der Waals surface area (Å²) in [5, 5.41) is 11.0. The molecule has 1 saturated heterocycles.